The third-order valence-corrected chi connectivity index (χ3v) is 5.79. The number of hydrogen-bond donors (Lipinski definition) is 0. The number of carbonyl (C=O) groups is 2. The van der Waals surface area contributed by atoms with Crippen LogP contribution in [0.4, 0.5) is 0 Å². The van der Waals surface area contributed by atoms with Crippen molar-refractivity contribution >= 4 is 29.1 Å². The van der Waals surface area contributed by atoms with Gasteiger partial charge in [-0.05, 0) is 57.4 Å². The Hall–Kier alpha value is -2.31. The van der Waals surface area contributed by atoms with E-state index < -0.39 is 0 Å². The third-order valence-electron chi connectivity index (χ3n) is 4.69. The Labute approximate surface area is 176 Å². The Morgan fingerprint density at radius 2 is 1.93 bits per heavy atom. The highest BCUT2D eigenvalue weighted by atomic mass is 32.2. The predicted octanol–water partition coefficient (Wildman–Crippen LogP) is 4.72. The first-order valence-corrected chi connectivity index (χ1v) is 10.8. The van der Waals surface area contributed by atoms with E-state index in [0.717, 1.165) is 22.5 Å². The van der Waals surface area contributed by atoms with Gasteiger partial charge in [-0.1, -0.05) is 23.8 Å². The smallest absolute Gasteiger partial charge is 0.267 e. The van der Waals surface area contributed by atoms with Crippen molar-refractivity contribution in [1.29, 1.82) is 0 Å². The van der Waals surface area contributed by atoms with Gasteiger partial charge in [-0.2, -0.15) is 0 Å². The second-order valence-corrected chi connectivity index (χ2v) is 8.41. The first-order chi connectivity index (χ1) is 13.9. The molecule has 2 aromatic rings. The molecule has 0 fully saturated rings. The van der Waals surface area contributed by atoms with Crippen LogP contribution < -0.4 is 0 Å². The molecule has 0 atom stereocenters. The lowest BCUT2D eigenvalue weighted by atomic mass is 9.99. The number of carbonyl (C=O) groups excluding carboxylic acids is 2. The molecule has 0 radical (unpaired) electrons. The quantitative estimate of drug-likeness (QED) is 0.440. The van der Waals surface area contributed by atoms with Gasteiger partial charge in [0, 0.05) is 13.2 Å². The molecule has 29 heavy (non-hydrogen) atoms. The fourth-order valence-electron chi connectivity index (χ4n) is 3.30. The number of hydrogen-bond acceptors (Lipinski definition) is 5. The van der Waals surface area contributed by atoms with Crippen LogP contribution in [0.5, 0.6) is 0 Å². The molecule has 0 bridgehead atoms. The van der Waals surface area contributed by atoms with Gasteiger partial charge in [-0.3, -0.25) is 14.5 Å². The second kappa shape index (κ2) is 9.46. The summed E-state index contributed by atoms with van der Waals surface area (Å²) in [5.74, 6) is 0.811. The summed E-state index contributed by atoms with van der Waals surface area (Å²) in [5.41, 5.74) is 3.42. The van der Waals surface area contributed by atoms with Crippen molar-refractivity contribution in [2.75, 3.05) is 13.2 Å². The van der Waals surface area contributed by atoms with Gasteiger partial charge in [0.1, 0.15) is 5.76 Å². The number of furan rings is 1. The summed E-state index contributed by atoms with van der Waals surface area (Å²) in [6, 6.07) is 9.63. The molecular formula is C23H27NO4S. The maximum Gasteiger partial charge on any atom is 0.267 e. The molecule has 154 valence electrons. The topological polar surface area (TPSA) is 59.8 Å². The van der Waals surface area contributed by atoms with Gasteiger partial charge >= 0.3 is 0 Å². The molecule has 5 nitrogen and oxygen atoms in total. The number of benzene rings is 1. The summed E-state index contributed by atoms with van der Waals surface area (Å²) < 4.78 is 11.0. The van der Waals surface area contributed by atoms with Crippen molar-refractivity contribution in [3.05, 3.63) is 64.0 Å². The van der Waals surface area contributed by atoms with Gasteiger partial charge in [0.25, 0.3) is 11.8 Å². The highest BCUT2D eigenvalue weighted by molar-refractivity contribution is 8.03. The van der Waals surface area contributed by atoms with E-state index >= 15 is 0 Å². The monoisotopic (exact) mass is 413 g/mol. The molecule has 0 spiro atoms. The van der Waals surface area contributed by atoms with E-state index in [1.807, 2.05) is 58.0 Å². The standard InChI is InChI=1S/C23H27NO4S/c1-15(2)27-12-6-10-24-22(25)20(19-9-8-16(3)13-17(19)4)21(23(24)26)29-14-18-7-5-11-28-18/h5,7-9,11,13,15H,6,10,12,14H2,1-4H3. The van der Waals surface area contributed by atoms with E-state index in [2.05, 4.69) is 0 Å². The van der Waals surface area contributed by atoms with Crippen molar-refractivity contribution in [1.82, 2.24) is 4.90 Å². The SMILES string of the molecule is Cc1ccc(C2=C(SCc3ccco3)C(=O)N(CCCOC(C)C)C2=O)c(C)c1. The van der Waals surface area contributed by atoms with E-state index in [1.165, 1.54) is 16.7 Å². The van der Waals surface area contributed by atoms with Crippen molar-refractivity contribution < 1.29 is 18.7 Å². The molecular weight excluding hydrogens is 386 g/mol. The molecule has 1 aliphatic rings. The minimum atomic E-state index is -0.230. The zero-order valence-corrected chi connectivity index (χ0v) is 18.2. The van der Waals surface area contributed by atoms with Gasteiger partial charge in [-0.15, -0.1) is 11.8 Å². The zero-order chi connectivity index (χ0) is 21.0. The molecule has 3 rings (SSSR count). The van der Waals surface area contributed by atoms with Crippen molar-refractivity contribution in [2.45, 2.75) is 46.0 Å². The number of amides is 2. The first kappa shape index (κ1) is 21.4. The highest BCUT2D eigenvalue weighted by Gasteiger charge is 2.39. The normalized spacial score (nSPS) is 14.6. The highest BCUT2D eigenvalue weighted by Crippen LogP contribution is 2.38. The molecule has 0 unspecified atom stereocenters. The number of rotatable bonds is 9. The van der Waals surface area contributed by atoms with E-state index in [1.54, 1.807) is 6.26 Å². The van der Waals surface area contributed by atoms with Crippen LogP contribution in [0.1, 0.15) is 42.7 Å². The average molecular weight is 414 g/mol. The molecule has 0 saturated carbocycles. The average Bonchev–Trinajstić information content (AvgIpc) is 3.25. The lowest BCUT2D eigenvalue weighted by Crippen LogP contribution is -2.33. The number of ether oxygens (including phenoxy) is 1. The van der Waals surface area contributed by atoms with Crippen molar-refractivity contribution in [2.24, 2.45) is 0 Å². The van der Waals surface area contributed by atoms with E-state index in [-0.39, 0.29) is 17.9 Å². The lowest BCUT2D eigenvalue weighted by Gasteiger charge is -2.16. The molecule has 1 aromatic heterocycles. The zero-order valence-electron chi connectivity index (χ0n) is 17.4. The molecule has 1 aliphatic heterocycles. The largest absolute Gasteiger partial charge is 0.468 e. The maximum absolute atomic E-state index is 13.2. The van der Waals surface area contributed by atoms with E-state index in [4.69, 9.17) is 9.15 Å². The first-order valence-electron chi connectivity index (χ1n) is 9.83. The summed E-state index contributed by atoms with van der Waals surface area (Å²) in [7, 11) is 0. The minimum Gasteiger partial charge on any atom is -0.468 e. The van der Waals surface area contributed by atoms with Crippen LogP contribution in [-0.2, 0) is 20.1 Å². The fourth-order valence-corrected chi connectivity index (χ4v) is 4.33. The minimum absolute atomic E-state index is 0.128. The molecule has 0 aliphatic carbocycles. The van der Waals surface area contributed by atoms with Crippen LogP contribution in [0.15, 0.2) is 45.9 Å². The molecule has 6 heteroatoms. The van der Waals surface area contributed by atoms with Crippen molar-refractivity contribution in [3.63, 3.8) is 0 Å². The number of thioether (sulfide) groups is 1. The Morgan fingerprint density at radius 1 is 1.14 bits per heavy atom. The van der Waals surface area contributed by atoms with Crippen LogP contribution in [0.3, 0.4) is 0 Å². The Bertz CT molecular complexity index is 915. The van der Waals surface area contributed by atoms with Crippen LogP contribution in [-0.4, -0.2) is 36.0 Å². The summed E-state index contributed by atoms with van der Waals surface area (Å²) in [5, 5.41) is 0. The van der Waals surface area contributed by atoms with Crippen LogP contribution in [0, 0.1) is 13.8 Å². The number of nitrogens with zero attached hydrogens (tertiary/aromatic N) is 1. The van der Waals surface area contributed by atoms with E-state index in [9.17, 15) is 9.59 Å². The maximum atomic E-state index is 13.2. The third kappa shape index (κ3) is 5.00. The van der Waals surface area contributed by atoms with Gasteiger partial charge in [0.15, 0.2) is 0 Å². The van der Waals surface area contributed by atoms with Crippen molar-refractivity contribution in [3.8, 4) is 0 Å². The fraction of sp³-hybridized carbons (Fsp3) is 0.391. The van der Waals surface area contributed by atoms with Crippen LogP contribution in [0.2, 0.25) is 0 Å². The van der Waals surface area contributed by atoms with Crippen LogP contribution in [0.25, 0.3) is 5.57 Å². The Morgan fingerprint density at radius 3 is 2.59 bits per heavy atom. The van der Waals surface area contributed by atoms with Gasteiger partial charge in [0.05, 0.1) is 28.6 Å². The summed E-state index contributed by atoms with van der Waals surface area (Å²) in [6.07, 6.45) is 2.35. The van der Waals surface area contributed by atoms with Gasteiger partial charge in [-0.25, -0.2) is 0 Å². The molecule has 0 N–H and O–H groups in total. The second-order valence-electron chi connectivity index (χ2n) is 7.43. The predicted molar refractivity (Wildman–Crippen MR) is 115 cm³/mol. The molecule has 2 amide bonds. The summed E-state index contributed by atoms with van der Waals surface area (Å²) >= 11 is 1.36. The molecule has 0 saturated heterocycles. The number of aryl methyl sites for hydroxylation is 2. The molecule has 1 aromatic carbocycles. The lowest BCUT2D eigenvalue weighted by molar-refractivity contribution is -0.136. The summed E-state index contributed by atoms with van der Waals surface area (Å²) in [6.45, 7) is 8.79. The Balaban J connectivity index is 1.86. The number of imide groups is 1. The summed E-state index contributed by atoms with van der Waals surface area (Å²) in [4.78, 5) is 28.2. The van der Waals surface area contributed by atoms with Crippen LogP contribution >= 0.6 is 11.8 Å². The Kier molecular flexibility index (Phi) is 6.98. The van der Waals surface area contributed by atoms with Gasteiger partial charge < -0.3 is 9.15 Å². The van der Waals surface area contributed by atoms with E-state index in [0.29, 0.717) is 35.8 Å². The molecule has 2 heterocycles. The van der Waals surface area contributed by atoms with Gasteiger partial charge in [0.2, 0.25) is 0 Å².